The van der Waals surface area contributed by atoms with E-state index in [0.717, 1.165) is 5.92 Å². The first-order valence-electron chi connectivity index (χ1n) is 6.87. The van der Waals surface area contributed by atoms with Crippen molar-refractivity contribution in [3.05, 3.63) is 0 Å². The Bertz CT molecular complexity index is 195. The van der Waals surface area contributed by atoms with Crippen molar-refractivity contribution in [2.24, 2.45) is 11.3 Å². The summed E-state index contributed by atoms with van der Waals surface area (Å²) in [6, 6.07) is 0.684. The topological polar surface area (TPSA) is 15.3 Å². The van der Waals surface area contributed by atoms with E-state index >= 15 is 0 Å². The van der Waals surface area contributed by atoms with Gasteiger partial charge in [0, 0.05) is 19.1 Å². The average Bonchev–Trinajstić information content (AvgIpc) is 2.65. The molecule has 1 heterocycles. The fourth-order valence-electron chi connectivity index (χ4n) is 2.69. The van der Waals surface area contributed by atoms with Crippen molar-refractivity contribution in [1.82, 2.24) is 10.2 Å². The molecule has 2 nitrogen and oxygen atoms in total. The van der Waals surface area contributed by atoms with Crippen LogP contribution in [0.4, 0.5) is 0 Å². The summed E-state index contributed by atoms with van der Waals surface area (Å²) >= 11 is 0. The minimum atomic E-state index is 0.481. The second kappa shape index (κ2) is 6.02. The van der Waals surface area contributed by atoms with Gasteiger partial charge >= 0.3 is 0 Å². The van der Waals surface area contributed by atoms with Crippen LogP contribution in [0.3, 0.4) is 0 Å². The molecule has 1 fully saturated rings. The molecule has 0 aromatic carbocycles. The van der Waals surface area contributed by atoms with Gasteiger partial charge in [0.05, 0.1) is 0 Å². The molecule has 0 bridgehead atoms. The highest BCUT2D eigenvalue weighted by atomic mass is 15.2. The summed E-state index contributed by atoms with van der Waals surface area (Å²) in [5, 5.41) is 3.44. The zero-order valence-electron chi connectivity index (χ0n) is 11.8. The summed E-state index contributed by atoms with van der Waals surface area (Å²) in [6.07, 6.45) is 3.96. The first kappa shape index (κ1) is 14.0. The predicted octanol–water partition coefficient (Wildman–Crippen LogP) is 2.74. The standard InChI is InChI=1S/C14H30N2/c1-6-7-13(15-5)11-16-9-8-12(10-16)14(2,3)4/h12-13,15H,6-11H2,1-5H3. The molecule has 0 saturated carbocycles. The Kier molecular flexibility index (Phi) is 5.26. The van der Waals surface area contributed by atoms with E-state index in [4.69, 9.17) is 0 Å². The Hall–Kier alpha value is -0.0800. The maximum absolute atomic E-state index is 3.44. The largest absolute Gasteiger partial charge is 0.316 e. The monoisotopic (exact) mass is 226 g/mol. The molecule has 16 heavy (non-hydrogen) atoms. The minimum Gasteiger partial charge on any atom is -0.316 e. The molecule has 2 unspecified atom stereocenters. The van der Waals surface area contributed by atoms with Crippen LogP contribution in [-0.4, -0.2) is 37.6 Å². The van der Waals surface area contributed by atoms with Crippen LogP contribution in [-0.2, 0) is 0 Å². The van der Waals surface area contributed by atoms with Gasteiger partial charge in [0.1, 0.15) is 0 Å². The molecule has 0 aliphatic carbocycles. The van der Waals surface area contributed by atoms with E-state index in [2.05, 4.69) is 45.0 Å². The van der Waals surface area contributed by atoms with Gasteiger partial charge in [-0.05, 0) is 37.8 Å². The lowest BCUT2D eigenvalue weighted by Gasteiger charge is -2.28. The first-order valence-corrected chi connectivity index (χ1v) is 6.87. The highest BCUT2D eigenvalue weighted by Gasteiger charge is 2.32. The molecule has 2 heteroatoms. The zero-order chi connectivity index (χ0) is 12.2. The van der Waals surface area contributed by atoms with Crippen molar-refractivity contribution in [1.29, 1.82) is 0 Å². The van der Waals surface area contributed by atoms with Crippen LogP contribution in [0.2, 0.25) is 0 Å². The first-order chi connectivity index (χ1) is 7.47. The molecule has 1 aliphatic heterocycles. The lowest BCUT2D eigenvalue weighted by molar-refractivity contribution is 0.218. The molecule has 0 aromatic heterocycles. The smallest absolute Gasteiger partial charge is 0.0191 e. The SMILES string of the molecule is CCCC(CN1CCC(C(C)(C)C)C1)NC. The number of nitrogens with one attached hydrogen (secondary N) is 1. The van der Waals surface area contributed by atoms with Gasteiger partial charge in [-0.2, -0.15) is 0 Å². The second-order valence-corrected chi connectivity index (χ2v) is 6.39. The number of likely N-dealkylation sites (tertiary alicyclic amines) is 1. The number of nitrogens with zero attached hydrogens (tertiary/aromatic N) is 1. The number of hydrogen-bond acceptors (Lipinski definition) is 2. The maximum Gasteiger partial charge on any atom is 0.0191 e. The van der Waals surface area contributed by atoms with E-state index in [-0.39, 0.29) is 0 Å². The van der Waals surface area contributed by atoms with E-state index in [1.165, 1.54) is 38.9 Å². The van der Waals surface area contributed by atoms with Gasteiger partial charge in [-0.3, -0.25) is 0 Å². The summed E-state index contributed by atoms with van der Waals surface area (Å²) in [5.74, 6) is 0.881. The van der Waals surface area contributed by atoms with Crippen molar-refractivity contribution in [2.45, 2.75) is 53.0 Å². The molecule has 1 N–H and O–H groups in total. The molecule has 1 aliphatic rings. The lowest BCUT2D eigenvalue weighted by Crippen LogP contribution is -2.39. The summed E-state index contributed by atoms with van der Waals surface area (Å²) in [4.78, 5) is 2.65. The molecule has 96 valence electrons. The number of hydrogen-bond donors (Lipinski definition) is 1. The highest BCUT2D eigenvalue weighted by molar-refractivity contribution is 4.85. The van der Waals surface area contributed by atoms with Gasteiger partial charge in [0.2, 0.25) is 0 Å². The van der Waals surface area contributed by atoms with Crippen LogP contribution in [0.15, 0.2) is 0 Å². The Morgan fingerprint density at radius 3 is 2.50 bits per heavy atom. The van der Waals surface area contributed by atoms with Crippen LogP contribution < -0.4 is 5.32 Å². The second-order valence-electron chi connectivity index (χ2n) is 6.39. The van der Waals surface area contributed by atoms with Crippen molar-refractivity contribution in [2.75, 3.05) is 26.7 Å². The van der Waals surface area contributed by atoms with Crippen LogP contribution in [0, 0.1) is 11.3 Å². The van der Waals surface area contributed by atoms with Gasteiger partial charge in [-0.1, -0.05) is 34.1 Å². The molecule has 0 radical (unpaired) electrons. The predicted molar refractivity (Wildman–Crippen MR) is 71.8 cm³/mol. The van der Waals surface area contributed by atoms with Crippen molar-refractivity contribution >= 4 is 0 Å². The molecule has 0 aromatic rings. The molecule has 0 amide bonds. The highest BCUT2D eigenvalue weighted by Crippen LogP contribution is 2.33. The fraction of sp³-hybridized carbons (Fsp3) is 1.00. The summed E-state index contributed by atoms with van der Waals surface area (Å²) < 4.78 is 0. The van der Waals surface area contributed by atoms with Crippen LogP contribution in [0.5, 0.6) is 0 Å². The molecular formula is C14H30N2. The van der Waals surface area contributed by atoms with E-state index in [1.807, 2.05) is 0 Å². The van der Waals surface area contributed by atoms with Gasteiger partial charge in [-0.15, -0.1) is 0 Å². The fourth-order valence-corrected chi connectivity index (χ4v) is 2.69. The average molecular weight is 226 g/mol. The van der Waals surface area contributed by atoms with Gasteiger partial charge in [0.15, 0.2) is 0 Å². The maximum atomic E-state index is 3.44. The van der Waals surface area contributed by atoms with Gasteiger partial charge in [0.25, 0.3) is 0 Å². The third-order valence-electron chi connectivity index (χ3n) is 4.02. The number of likely N-dealkylation sites (N-methyl/N-ethyl adjacent to an activating group) is 1. The third-order valence-corrected chi connectivity index (χ3v) is 4.02. The minimum absolute atomic E-state index is 0.481. The van der Waals surface area contributed by atoms with E-state index in [1.54, 1.807) is 0 Å². The van der Waals surface area contributed by atoms with Crippen molar-refractivity contribution in [3.8, 4) is 0 Å². The summed E-state index contributed by atoms with van der Waals surface area (Å²) in [7, 11) is 2.09. The van der Waals surface area contributed by atoms with Crippen LogP contribution >= 0.6 is 0 Å². The van der Waals surface area contributed by atoms with Crippen LogP contribution in [0.25, 0.3) is 0 Å². The Morgan fingerprint density at radius 1 is 1.38 bits per heavy atom. The van der Waals surface area contributed by atoms with Gasteiger partial charge in [-0.25, -0.2) is 0 Å². The summed E-state index contributed by atoms with van der Waals surface area (Å²) in [5.41, 5.74) is 0.481. The Balaban J connectivity index is 2.35. The molecule has 1 rings (SSSR count). The quantitative estimate of drug-likeness (QED) is 0.775. The van der Waals surface area contributed by atoms with Gasteiger partial charge < -0.3 is 10.2 Å². The molecule has 2 atom stereocenters. The Morgan fingerprint density at radius 2 is 2.06 bits per heavy atom. The molecule has 1 saturated heterocycles. The van der Waals surface area contributed by atoms with Crippen molar-refractivity contribution in [3.63, 3.8) is 0 Å². The molecule has 0 spiro atoms. The van der Waals surface area contributed by atoms with Crippen LogP contribution in [0.1, 0.15) is 47.0 Å². The number of rotatable bonds is 5. The zero-order valence-corrected chi connectivity index (χ0v) is 11.8. The summed E-state index contributed by atoms with van der Waals surface area (Å²) in [6.45, 7) is 13.2. The normalized spacial score (nSPS) is 24.9. The van der Waals surface area contributed by atoms with E-state index in [9.17, 15) is 0 Å². The van der Waals surface area contributed by atoms with Crippen molar-refractivity contribution < 1.29 is 0 Å². The Labute approximate surface area is 102 Å². The lowest BCUT2D eigenvalue weighted by atomic mass is 9.80. The van der Waals surface area contributed by atoms with E-state index < -0.39 is 0 Å². The third kappa shape index (κ3) is 4.06. The van der Waals surface area contributed by atoms with E-state index in [0.29, 0.717) is 11.5 Å². The molecular weight excluding hydrogens is 196 g/mol.